The molecule has 0 spiro atoms. The number of carbonyl (C=O) groups excluding carboxylic acids is 2. The van der Waals surface area contributed by atoms with E-state index in [4.69, 9.17) is 28.4 Å². The molecule has 15 heteroatoms. The SMILES string of the molecule is CCCCC/C=C/C/C=C/C/C=C/C/C=C/CCCC(=O)O[C@H](COC(=O)CCCC/C=C/CCCCCCCCCCC)CO[C@H]1O[C@@H](CO[C@H]2O[C@@H](CO)[C@@H](O)C(O)C2O)[C@@H](O)C(O)C1O. The van der Waals surface area contributed by atoms with E-state index in [1.54, 1.807) is 0 Å². The fourth-order valence-corrected chi connectivity index (χ4v) is 7.67. The standard InChI is InChI=1S/C53H90O15/c1-3-5-7-9-11-13-15-17-19-20-22-24-26-28-30-32-34-36-45(56)66-41(38-63-44(55)35-33-31-29-27-25-23-21-18-16-14-12-10-8-6-4-2)39-64-52-51(62)49(60)47(58)43(68-52)40-65-53-50(61)48(59)46(57)42(37-54)67-53/h11,13,17,19,22,24-25,27-28,30,41-43,46-54,57-62H,3-10,12,14-16,18,20-21,23,26,29,31-40H2,1-2H3/b13-11+,19-17+,24-22+,27-25+,30-28+/t41-,42+,43+,46-,47-,48?,49?,50?,51?,52+,53+/m1/s1. The fourth-order valence-electron chi connectivity index (χ4n) is 7.67. The summed E-state index contributed by atoms with van der Waals surface area (Å²) in [4.78, 5) is 25.7. The number of rotatable bonds is 39. The Kier molecular flexibility index (Phi) is 36.0. The third-order valence-electron chi connectivity index (χ3n) is 12.0. The van der Waals surface area contributed by atoms with Crippen molar-refractivity contribution in [3.8, 4) is 0 Å². The van der Waals surface area contributed by atoms with E-state index in [1.807, 2.05) is 12.2 Å². The number of ether oxygens (including phenoxy) is 6. The minimum atomic E-state index is -1.78. The van der Waals surface area contributed by atoms with Crippen molar-refractivity contribution < 1.29 is 73.8 Å². The Labute approximate surface area is 407 Å². The molecule has 68 heavy (non-hydrogen) atoms. The molecule has 0 aromatic carbocycles. The average molecular weight is 967 g/mol. The van der Waals surface area contributed by atoms with Gasteiger partial charge in [0.05, 0.1) is 19.8 Å². The van der Waals surface area contributed by atoms with E-state index in [0.717, 1.165) is 44.9 Å². The van der Waals surface area contributed by atoms with Crippen LogP contribution in [-0.4, -0.2) is 142 Å². The lowest BCUT2D eigenvalue weighted by atomic mass is 9.98. The van der Waals surface area contributed by atoms with Crippen LogP contribution in [0.2, 0.25) is 0 Å². The summed E-state index contributed by atoms with van der Waals surface area (Å²) in [6, 6.07) is 0. The van der Waals surface area contributed by atoms with E-state index >= 15 is 0 Å². The van der Waals surface area contributed by atoms with E-state index in [0.29, 0.717) is 19.3 Å². The molecule has 0 aliphatic carbocycles. The van der Waals surface area contributed by atoms with E-state index in [1.165, 1.54) is 77.0 Å². The van der Waals surface area contributed by atoms with Crippen LogP contribution in [0.25, 0.3) is 0 Å². The predicted molar refractivity (Wildman–Crippen MR) is 261 cm³/mol. The number of esters is 2. The molecule has 2 aliphatic heterocycles. The number of unbranched alkanes of at least 4 members (excludes halogenated alkanes) is 15. The summed E-state index contributed by atoms with van der Waals surface area (Å²) < 4.78 is 33.5. The smallest absolute Gasteiger partial charge is 0.306 e. The van der Waals surface area contributed by atoms with E-state index in [-0.39, 0.29) is 19.4 Å². The van der Waals surface area contributed by atoms with Gasteiger partial charge in [0.25, 0.3) is 0 Å². The first kappa shape index (κ1) is 61.3. The highest BCUT2D eigenvalue weighted by molar-refractivity contribution is 5.70. The van der Waals surface area contributed by atoms with Gasteiger partial charge in [0.2, 0.25) is 0 Å². The molecule has 0 radical (unpaired) electrons. The second-order valence-corrected chi connectivity index (χ2v) is 18.0. The summed E-state index contributed by atoms with van der Waals surface area (Å²) in [5, 5.41) is 72.1. The van der Waals surface area contributed by atoms with Gasteiger partial charge in [0.15, 0.2) is 18.7 Å². The van der Waals surface area contributed by atoms with E-state index in [2.05, 4.69) is 62.5 Å². The minimum Gasteiger partial charge on any atom is -0.462 e. The highest BCUT2D eigenvalue weighted by Gasteiger charge is 2.47. The Morgan fingerprint density at radius 3 is 1.47 bits per heavy atom. The number of aliphatic hydroxyl groups is 7. The first-order valence-corrected chi connectivity index (χ1v) is 25.9. The third-order valence-corrected chi connectivity index (χ3v) is 12.0. The average Bonchev–Trinajstić information content (AvgIpc) is 3.33. The molecule has 7 N–H and O–H groups in total. The second kappa shape index (κ2) is 39.9. The van der Waals surface area contributed by atoms with Crippen molar-refractivity contribution in [2.24, 2.45) is 0 Å². The first-order valence-electron chi connectivity index (χ1n) is 25.9. The first-order chi connectivity index (χ1) is 33.0. The maximum Gasteiger partial charge on any atom is 0.306 e. The van der Waals surface area contributed by atoms with Gasteiger partial charge in [-0.25, -0.2) is 0 Å². The van der Waals surface area contributed by atoms with Crippen LogP contribution in [0.5, 0.6) is 0 Å². The van der Waals surface area contributed by atoms with Crippen LogP contribution in [0, 0.1) is 0 Å². The molecular weight excluding hydrogens is 877 g/mol. The maximum atomic E-state index is 13.0. The Balaban J connectivity index is 1.85. The number of aliphatic hydroxyl groups excluding tert-OH is 7. The molecule has 0 saturated carbocycles. The summed E-state index contributed by atoms with van der Waals surface area (Å²) in [6.45, 7) is 2.47. The van der Waals surface area contributed by atoms with Crippen LogP contribution >= 0.6 is 0 Å². The molecular formula is C53H90O15. The van der Waals surface area contributed by atoms with Gasteiger partial charge in [-0.3, -0.25) is 9.59 Å². The summed E-state index contributed by atoms with van der Waals surface area (Å²) >= 11 is 0. The number of hydrogen-bond acceptors (Lipinski definition) is 15. The Morgan fingerprint density at radius 2 is 0.897 bits per heavy atom. The van der Waals surface area contributed by atoms with Gasteiger partial charge in [-0.1, -0.05) is 139 Å². The highest BCUT2D eigenvalue weighted by Crippen LogP contribution is 2.26. The molecule has 15 nitrogen and oxygen atoms in total. The summed E-state index contributed by atoms with van der Waals surface area (Å²) in [6.07, 6.45) is 28.3. The monoisotopic (exact) mass is 967 g/mol. The van der Waals surface area contributed by atoms with Gasteiger partial charge >= 0.3 is 11.9 Å². The number of allylic oxidation sites excluding steroid dienone is 10. The number of hydrogen-bond donors (Lipinski definition) is 7. The van der Waals surface area contributed by atoms with Crippen LogP contribution in [-0.2, 0) is 38.0 Å². The molecule has 4 unspecified atom stereocenters. The third kappa shape index (κ3) is 27.6. The van der Waals surface area contributed by atoms with Crippen LogP contribution in [0.1, 0.15) is 168 Å². The molecule has 2 aliphatic rings. The number of carbonyl (C=O) groups is 2. The predicted octanol–water partition coefficient (Wildman–Crippen LogP) is 7.27. The zero-order chi connectivity index (χ0) is 49.6. The van der Waals surface area contributed by atoms with Crippen molar-refractivity contribution in [3.63, 3.8) is 0 Å². The Bertz CT molecular complexity index is 1420. The summed E-state index contributed by atoms with van der Waals surface area (Å²) in [5.41, 5.74) is 0. The fraction of sp³-hybridized carbons (Fsp3) is 0.774. The largest absolute Gasteiger partial charge is 0.462 e. The molecule has 0 amide bonds. The van der Waals surface area contributed by atoms with Crippen molar-refractivity contribution >= 4 is 11.9 Å². The van der Waals surface area contributed by atoms with Gasteiger partial charge in [-0.2, -0.15) is 0 Å². The molecule has 392 valence electrons. The van der Waals surface area contributed by atoms with Crippen LogP contribution in [0.15, 0.2) is 60.8 Å². The molecule has 0 bridgehead atoms. The van der Waals surface area contributed by atoms with Crippen LogP contribution in [0.3, 0.4) is 0 Å². The van der Waals surface area contributed by atoms with Crippen molar-refractivity contribution in [1.82, 2.24) is 0 Å². The maximum absolute atomic E-state index is 13.0. The second-order valence-electron chi connectivity index (χ2n) is 18.0. The zero-order valence-corrected chi connectivity index (χ0v) is 41.3. The van der Waals surface area contributed by atoms with Gasteiger partial charge < -0.3 is 64.2 Å². The molecule has 0 aromatic rings. The molecule has 2 fully saturated rings. The van der Waals surface area contributed by atoms with Crippen molar-refractivity contribution in [2.45, 2.75) is 235 Å². The van der Waals surface area contributed by atoms with Crippen LogP contribution in [0.4, 0.5) is 0 Å². The quantitative estimate of drug-likeness (QED) is 0.0183. The lowest BCUT2D eigenvalue weighted by Gasteiger charge is -2.42. The topological polar surface area (TPSA) is 231 Å². The van der Waals surface area contributed by atoms with Gasteiger partial charge in [0, 0.05) is 12.8 Å². The van der Waals surface area contributed by atoms with Gasteiger partial charge in [0.1, 0.15) is 55.4 Å². The molecule has 2 heterocycles. The Morgan fingerprint density at radius 1 is 0.471 bits per heavy atom. The summed E-state index contributed by atoms with van der Waals surface area (Å²) in [7, 11) is 0. The molecule has 11 atom stereocenters. The molecule has 0 aromatic heterocycles. The van der Waals surface area contributed by atoms with Gasteiger partial charge in [-0.05, 0) is 77.0 Å². The van der Waals surface area contributed by atoms with Crippen molar-refractivity contribution in [1.29, 1.82) is 0 Å². The van der Waals surface area contributed by atoms with Gasteiger partial charge in [-0.15, -0.1) is 0 Å². The van der Waals surface area contributed by atoms with E-state index < -0.39 is 99.3 Å². The summed E-state index contributed by atoms with van der Waals surface area (Å²) in [5.74, 6) is -1.02. The zero-order valence-electron chi connectivity index (χ0n) is 41.3. The van der Waals surface area contributed by atoms with Crippen molar-refractivity contribution in [2.75, 3.05) is 26.4 Å². The minimum absolute atomic E-state index is 0.0833. The van der Waals surface area contributed by atoms with Crippen LogP contribution < -0.4 is 0 Å². The van der Waals surface area contributed by atoms with E-state index in [9.17, 15) is 45.3 Å². The molecule has 2 rings (SSSR count). The Hall–Kier alpha value is -2.80. The highest BCUT2D eigenvalue weighted by atomic mass is 16.7. The normalized spacial score (nSPS) is 26.2. The lowest BCUT2D eigenvalue weighted by molar-refractivity contribution is -0.332. The molecule has 2 saturated heterocycles. The lowest BCUT2D eigenvalue weighted by Crippen LogP contribution is -2.61. The van der Waals surface area contributed by atoms with Crippen molar-refractivity contribution in [3.05, 3.63) is 60.8 Å².